The number of allylic oxidation sites excluding steroid dienone is 3. The van der Waals surface area contributed by atoms with E-state index in [1.807, 2.05) is 33.3 Å². The normalized spacial score (nSPS) is 14.8. The lowest BCUT2D eigenvalue weighted by atomic mass is 10.2. The number of hydrogen-bond donors (Lipinski definition) is 0. The molecule has 0 bridgehead atoms. The molecule has 0 radical (unpaired) electrons. The van der Waals surface area contributed by atoms with Crippen molar-refractivity contribution in [2.45, 2.75) is 18.6 Å². The van der Waals surface area contributed by atoms with E-state index in [1.54, 1.807) is 0 Å². The molecular formula is C16H18S3. The van der Waals surface area contributed by atoms with Crippen LogP contribution in [0.1, 0.15) is 18.4 Å². The predicted octanol–water partition coefficient (Wildman–Crippen LogP) is 6.05. The van der Waals surface area contributed by atoms with E-state index in [9.17, 15) is 0 Å². The summed E-state index contributed by atoms with van der Waals surface area (Å²) in [6.45, 7) is 0. The minimum absolute atomic E-state index is 1.06. The topological polar surface area (TPSA) is 0 Å². The number of thioether (sulfide) groups is 1. The van der Waals surface area contributed by atoms with E-state index in [-0.39, 0.29) is 0 Å². The average molecular weight is 307 g/mol. The third-order valence-electron chi connectivity index (χ3n) is 2.60. The summed E-state index contributed by atoms with van der Waals surface area (Å²) in [6.07, 6.45) is 11.5. The lowest BCUT2D eigenvalue weighted by Gasteiger charge is -2.03. The van der Waals surface area contributed by atoms with Crippen LogP contribution in [0.4, 0.5) is 0 Å². The first-order valence-corrected chi connectivity index (χ1v) is 9.78. The Bertz CT molecular complexity index is 446. The van der Waals surface area contributed by atoms with E-state index in [0.717, 1.165) is 11.5 Å². The van der Waals surface area contributed by atoms with E-state index < -0.39 is 0 Å². The summed E-state index contributed by atoms with van der Waals surface area (Å²) in [4.78, 5) is 1.41. The van der Waals surface area contributed by atoms with Crippen LogP contribution < -0.4 is 0 Å². The van der Waals surface area contributed by atoms with Crippen molar-refractivity contribution in [1.29, 1.82) is 0 Å². The minimum atomic E-state index is 1.06. The summed E-state index contributed by atoms with van der Waals surface area (Å²) in [5.41, 5.74) is 1.39. The Morgan fingerprint density at radius 3 is 2.79 bits per heavy atom. The molecule has 2 rings (SSSR count). The van der Waals surface area contributed by atoms with Gasteiger partial charge in [-0.05, 0) is 23.8 Å². The maximum atomic E-state index is 2.33. The lowest BCUT2D eigenvalue weighted by Crippen LogP contribution is -1.80. The molecule has 0 nitrogen and oxygen atoms in total. The van der Waals surface area contributed by atoms with Gasteiger partial charge >= 0.3 is 0 Å². The Kier molecular flexibility index (Phi) is 7.37. The van der Waals surface area contributed by atoms with Gasteiger partial charge in [0.15, 0.2) is 0 Å². The van der Waals surface area contributed by atoms with E-state index in [1.165, 1.54) is 23.3 Å². The van der Waals surface area contributed by atoms with Crippen LogP contribution in [0, 0.1) is 0 Å². The molecule has 1 aromatic rings. The van der Waals surface area contributed by atoms with E-state index in [2.05, 4.69) is 60.0 Å². The maximum Gasteiger partial charge on any atom is 0.0291 e. The van der Waals surface area contributed by atoms with Gasteiger partial charge in [0.05, 0.1) is 0 Å². The Morgan fingerprint density at radius 2 is 2.00 bits per heavy atom. The van der Waals surface area contributed by atoms with Crippen LogP contribution in [0.3, 0.4) is 0 Å². The van der Waals surface area contributed by atoms with E-state index in [0.29, 0.717) is 0 Å². The third kappa shape index (κ3) is 6.46. The molecule has 0 saturated carbocycles. The van der Waals surface area contributed by atoms with Gasteiger partial charge in [-0.25, -0.2) is 0 Å². The fourth-order valence-corrected chi connectivity index (χ4v) is 4.30. The first kappa shape index (κ1) is 14.9. The zero-order valence-corrected chi connectivity index (χ0v) is 13.3. The Morgan fingerprint density at radius 1 is 1.11 bits per heavy atom. The lowest BCUT2D eigenvalue weighted by molar-refractivity contribution is 1.03. The summed E-state index contributed by atoms with van der Waals surface area (Å²) in [5, 5.41) is 2.20. The van der Waals surface area contributed by atoms with E-state index in [4.69, 9.17) is 0 Å². The van der Waals surface area contributed by atoms with Crippen molar-refractivity contribution in [2.24, 2.45) is 0 Å². The molecule has 1 aromatic carbocycles. The molecule has 0 spiro atoms. The highest BCUT2D eigenvalue weighted by Gasteiger charge is 1.96. The summed E-state index contributed by atoms with van der Waals surface area (Å²) in [6, 6.07) is 10.6. The smallest absolute Gasteiger partial charge is 0.0291 e. The van der Waals surface area contributed by atoms with Crippen molar-refractivity contribution in [2.75, 3.05) is 5.75 Å². The first-order chi connectivity index (χ1) is 9.45. The molecule has 1 aliphatic carbocycles. The summed E-state index contributed by atoms with van der Waals surface area (Å²) in [5.74, 6) is 2.13. The minimum Gasteiger partial charge on any atom is -0.122 e. The van der Waals surface area contributed by atoms with Gasteiger partial charge in [-0.1, -0.05) is 76.2 Å². The SMILES string of the molecule is C1=CC(SC/C=C\SSCc2ccccc2)=CCC1. The van der Waals surface area contributed by atoms with Gasteiger partial charge in [0.1, 0.15) is 0 Å². The van der Waals surface area contributed by atoms with E-state index >= 15 is 0 Å². The molecule has 0 fully saturated rings. The van der Waals surface area contributed by atoms with Gasteiger partial charge in [-0.2, -0.15) is 0 Å². The molecule has 100 valence electrons. The molecule has 0 aromatic heterocycles. The van der Waals surface area contributed by atoms with Crippen molar-refractivity contribution in [3.8, 4) is 0 Å². The van der Waals surface area contributed by atoms with Crippen molar-refractivity contribution in [3.63, 3.8) is 0 Å². The van der Waals surface area contributed by atoms with Crippen LogP contribution in [0.5, 0.6) is 0 Å². The second-order valence-corrected chi connectivity index (χ2v) is 7.48. The average Bonchev–Trinajstić information content (AvgIpc) is 2.48. The van der Waals surface area contributed by atoms with Crippen LogP contribution in [-0.4, -0.2) is 5.75 Å². The summed E-state index contributed by atoms with van der Waals surface area (Å²) >= 11 is 1.92. The largest absolute Gasteiger partial charge is 0.122 e. The van der Waals surface area contributed by atoms with Crippen molar-refractivity contribution in [1.82, 2.24) is 0 Å². The molecule has 1 aliphatic rings. The van der Waals surface area contributed by atoms with Gasteiger partial charge in [0.25, 0.3) is 0 Å². The molecule has 19 heavy (non-hydrogen) atoms. The van der Waals surface area contributed by atoms with Crippen LogP contribution in [0.2, 0.25) is 0 Å². The Hall–Kier alpha value is -0.510. The van der Waals surface area contributed by atoms with Gasteiger partial charge in [-0.3, -0.25) is 0 Å². The van der Waals surface area contributed by atoms with Crippen LogP contribution in [0.15, 0.2) is 64.9 Å². The molecule has 3 heteroatoms. The monoisotopic (exact) mass is 306 g/mol. The highest BCUT2D eigenvalue weighted by molar-refractivity contribution is 8.77. The van der Waals surface area contributed by atoms with Crippen molar-refractivity contribution >= 4 is 33.3 Å². The molecule has 0 amide bonds. The molecule has 0 heterocycles. The third-order valence-corrected chi connectivity index (χ3v) is 5.58. The zero-order valence-electron chi connectivity index (χ0n) is 10.8. The summed E-state index contributed by atoms with van der Waals surface area (Å²) < 4.78 is 0. The first-order valence-electron chi connectivity index (χ1n) is 6.42. The quantitative estimate of drug-likeness (QED) is 0.444. The summed E-state index contributed by atoms with van der Waals surface area (Å²) in [7, 11) is 3.70. The zero-order chi connectivity index (χ0) is 13.2. The van der Waals surface area contributed by atoms with Crippen molar-refractivity contribution < 1.29 is 0 Å². The van der Waals surface area contributed by atoms with Gasteiger partial charge in [0, 0.05) is 16.4 Å². The number of hydrogen-bond acceptors (Lipinski definition) is 3. The highest BCUT2D eigenvalue weighted by atomic mass is 33.1. The molecule has 0 unspecified atom stereocenters. The highest BCUT2D eigenvalue weighted by Crippen LogP contribution is 2.27. The second-order valence-electron chi connectivity index (χ2n) is 4.11. The molecule has 0 saturated heterocycles. The predicted molar refractivity (Wildman–Crippen MR) is 93.4 cm³/mol. The molecule has 0 aliphatic heterocycles. The van der Waals surface area contributed by atoms with Crippen LogP contribution >= 0.6 is 33.3 Å². The standard InChI is InChI=1S/C16H18S3/c1-3-8-15(9-4-1)14-19-18-13-7-12-17-16-10-5-2-6-11-16/h1,3-5,7-11,13H,2,6,12,14H2/b13-7-. The van der Waals surface area contributed by atoms with Crippen molar-refractivity contribution in [3.05, 3.63) is 70.5 Å². The maximum absolute atomic E-state index is 2.33. The fourth-order valence-electron chi connectivity index (χ4n) is 1.63. The van der Waals surface area contributed by atoms with Gasteiger partial charge in [0.2, 0.25) is 0 Å². The molecular weight excluding hydrogens is 288 g/mol. The second kappa shape index (κ2) is 9.40. The van der Waals surface area contributed by atoms with Crippen LogP contribution in [-0.2, 0) is 5.75 Å². The number of benzene rings is 1. The Balaban J connectivity index is 1.54. The molecule has 0 atom stereocenters. The number of rotatable bonds is 7. The molecule has 0 N–H and O–H groups in total. The van der Waals surface area contributed by atoms with Crippen LogP contribution in [0.25, 0.3) is 0 Å². The fraction of sp³-hybridized carbons (Fsp3) is 0.250. The van der Waals surface area contributed by atoms with Gasteiger partial charge in [-0.15, -0.1) is 11.8 Å². The van der Waals surface area contributed by atoms with Gasteiger partial charge < -0.3 is 0 Å². The Labute approximate surface area is 128 Å².